The lowest BCUT2D eigenvalue weighted by atomic mass is 9.94. The molecular formula is C11H19N3O2. The first-order chi connectivity index (χ1) is 7.72. The highest BCUT2D eigenvalue weighted by Crippen LogP contribution is 2.18. The molecule has 0 spiro atoms. The summed E-state index contributed by atoms with van der Waals surface area (Å²) in [6, 6.07) is 0. The molecule has 16 heavy (non-hydrogen) atoms. The summed E-state index contributed by atoms with van der Waals surface area (Å²) in [6.45, 7) is 3.00. The summed E-state index contributed by atoms with van der Waals surface area (Å²) in [6.07, 6.45) is 7.62. The fourth-order valence-corrected chi connectivity index (χ4v) is 1.84. The molecule has 0 saturated heterocycles. The number of aromatic nitrogens is 3. The maximum atomic E-state index is 10.5. The van der Waals surface area contributed by atoms with Crippen molar-refractivity contribution in [2.24, 2.45) is 5.92 Å². The largest absolute Gasteiger partial charge is 0.481 e. The summed E-state index contributed by atoms with van der Waals surface area (Å²) in [4.78, 5) is 10.5. The molecule has 0 fully saturated rings. The topological polar surface area (TPSA) is 68.0 Å². The third kappa shape index (κ3) is 4.91. The third-order valence-corrected chi connectivity index (χ3v) is 2.73. The van der Waals surface area contributed by atoms with Crippen LogP contribution < -0.4 is 0 Å². The van der Waals surface area contributed by atoms with E-state index in [-0.39, 0.29) is 6.42 Å². The second kappa shape index (κ2) is 6.98. The molecule has 0 radical (unpaired) electrons. The molecule has 0 amide bonds. The normalized spacial score (nSPS) is 12.6. The predicted octanol–water partition coefficient (Wildman–Crippen LogP) is 1.95. The van der Waals surface area contributed by atoms with Crippen LogP contribution in [0.25, 0.3) is 0 Å². The zero-order valence-corrected chi connectivity index (χ0v) is 9.67. The van der Waals surface area contributed by atoms with E-state index in [1.165, 1.54) is 0 Å². The van der Waals surface area contributed by atoms with Crippen LogP contribution in [-0.2, 0) is 11.3 Å². The molecule has 5 nitrogen and oxygen atoms in total. The Labute approximate surface area is 95.5 Å². The van der Waals surface area contributed by atoms with Gasteiger partial charge >= 0.3 is 5.97 Å². The highest BCUT2D eigenvalue weighted by atomic mass is 16.4. The van der Waals surface area contributed by atoms with Gasteiger partial charge in [0, 0.05) is 13.0 Å². The Hall–Kier alpha value is -1.39. The van der Waals surface area contributed by atoms with Gasteiger partial charge in [-0.2, -0.15) is 0 Å². The standard InChI is InChI=1S/C11H19N3O2/c1-2-3-10(4-5-11(15)16)6-7-14-8-12-13-9-14/h8-10H,2-7H2,1H3,(H,15,16). The van der Waals surface area contributed by atoms with E-state index in [0.29, 0.717) is 5.92 Å². The fourth-order valence-electron chi connectivity index (χ4n) is 1.84. The SMILES string of the molecule is CCCC(CCC(=O)O)CCn1cnnc1. The summed E-state index contributed by atoms with van der Waals surface area (Å²) < 4.78 is 1.93. The first kappa shape index (κ1) is 12.7. The van der Waals surface area contributed by atoms with Crippen molar-refractivity contribution in [3.05, 3.63) is 12.7 Å². The number of carboxylic acids is 1. The van der Waals surface area contributed by atoms with E-state index >= 15 is 0 Å². The van der Waals surface area contributed by atoms with E-state index in [1.54, 1.807) is 12.7 Å². The number of rotatable bonds is 8. The molecule has 1 unspecified atom stereocenters. The Morgan fingerprint density at radius 1 is 1.31 bits per heavy atom. The van der Waals surface area contributed by atoms with E-state index in [1.807, 2.05) is 4.57 Å². The molecule has 0 aliphatic heterocycles. The van der Waals surface area contributed by atoms with Gasteiger partial charge in [0.25, 0.3) is 0 Å². The Morgan fingerprint density at radius 3 is 2.56 bits per heavy atom. The van der Waals surface area contributed by atoms with Crippen LogP contribution in [0.4, 0.5) is 0 Å². The van der Waals surface area contributed by atoms with Gasteiger partial charge in [-0.3, -0.25) is 4.79 Å². The van der Waals surface area contributed by atoms with Gasteiger partial charge in [-0.25, -0.2) is 0 Å². The first-order valence-corrected chi connectivity index (χ1v) is 5.76. The van der Waals surface area contributed by atoms with E-state index in [2.05, 4.69) is 17.1 Å². The number of hydrogen-bond donors (Lipinski definition) is 1. The average molecular weight is 225 g/mol. The van der Waals surface area contributed by atoms with Crippen molar-refractivity contribution in [3.63, 3.8) is 0 Å². The quantitative estimate of drug-likeness (QED) is 0.734. The molecule has 1 aromatic rings. The highest BCUT2D eigenvalue weighted by molar-refractivity contribution is 5.66. The molecule has 0 aliphatic carbocycles. The van der Waals surface area contributed by atoms with Crippen molar-refractivity contribution < 1.29 is 9.90 Å². The van der Waals surface area contributed by atoms with Crippen LogP contribution in [0.5, 0.6) is 0 Å². The van der Waals surface area contributed by atoms with E-state index in [9.17, 15) is 4.79 Å². The van der Waals surface area contributed by atoms with Gasteiger partial charge in [-0.1, -0.05) is 19.8 Å². The average Bonchev–Trinajstić information content (AvgIpc) is 2.75. The smallest absolute Gasteiger partial charge is 0.303 e. The van der Waals surface area contributed by atoms with Crippen LogP contribution in [-0.4, -0.2) is 25.8 Å². The van der Waals surface area contributed by atoms with Crippen molar-refractivity contribution in [2.45, 2.75) is 45.6 Å². The van der Waals surface area contributed by atoms with Gasteiger partial charge in [0.1, 0.15) is 12.7 Å². The first-order valence-electron chi connectivity index (χ1n) is 5.76. The minimum atomic E-state index is -0.703. The molecule has 1 aromatic heterocycles. The second-order valence-electron chi connectivity index (χ2n) is 4.08. The Balaban J connectivity index is 2.29. The lowest BCUT2D eigenvalue weighted by molar-refractivity contribution is -0.137. The van der Waals surface area contributed by atoms with E-state index < -0.39 is 5.97 Å². The summed E-state index contributed by atoms with van der Waals surface area (Å²) in [7, 11) is 0. The van der Waals surface area contributed by atoms with Crippen LogP contribution in [0, 0.1) is 5.92 Å². The van der Waals surface area contributed by atoms with Gasteiger partial charge in [0.2, 0.25) is 0 Å². The van der Waals surface area contributed by atoms with Gasteiger partial charge in [0.15, 0.2) is 0 Å². The lowest BCUT2D eigenvalue weighted by Gasteiger charge is -2.14. The predicted molar refractivity (Wildman–Crippen MR) is 59.9 cm³/mol. The van der Waals surface area contributed by atoms with Crippen LogP contribution in [0.3, 0.4) is 0 Å². The highest BCUT2D eigenvalue weighted by Gasteiger charge is 2.10. The summed E-state index contributed by atoms with van der Waals surface area (Å²) in [5, 5.41) is 16.1. The maximum absolute atomic E-state index is 10.5. The minimum Gasteiger partial charge on any atom is -0.481 e. The molecule has 0 aromatic carbocycles. The fraction of sp³-hybridized carbons (Fsp3) is 0.727. The van der Waals surface area contributed by atoms with Crippen molar-refractivity contribution >= 4 is 5.97 Å². The molecule has 0 saturated carbocycles. The molecule has 0 bridgehead atoms. The lowest BCUT2D eigenvalue weighted by Crippen LogP contribution is -2.08. The molecule has 1 heterocycles. The number of aliphatic carboxylic acids is 1. The second-order valence-corrected chi connectivity index (χ2v) is 4.08. The molecule has 5 heteroatoms. The number of carboxylic acid groups (broad SMARTS) is 1. The zero-order chi connectivity index (χ0) is 11.8. The minimum absolute atomic E-state index is 0.271. The van der Waals surface area contributed by atoms with Gasteiger partial charge in [-0.15, -0.1) is 10.2 Å². The van der Waals surface area contributed by atoms with Gasteiger partial charge in [-0.05, 0) is 18.8 Å². The molecule has 1 N–H and O–H groups in total. The number of aryl methyl sites for hydroxylation is 1. The molecule has 0 aliphatic rings. The zero-order valence-electron chi connectivity index (χ0n) is 9.67. The maximum Gasteiger partial charge on any atom is 0.303 e. The van der Waals surface area contributed by atoms with E-state index in [4.69, 9.17) is 5.11 Å². The van der Waals surface area contributed by atoms with Crippen LogP contribution in [0.1, 0.15) is 39.0 Å². The number of hydrogen-bond acceptors (Lipinski definition) is 3. The molecule has 1 rings (SSSR count). The van der Waals surface area contributed by atoms with Gasteiger partial charge in [0.05, 0.1) is 0 Å². The van der Waals surface area contributed by atoms with Crippen LogP contribution in [0.2, 0.25) is 0 Å². The Morgan fingerprint density at radius 2 is 2.00 bits per heavy atom. The monoisotopic (exact) mass is 225 g/mol. The number of carbonyl (C=O) groups is 1. The Bertz CT molecular complexity index is 298. The van der Waals surface area contributed by atoms with Crippen molar-refractivity contribution in [2.75, 3.05) is 0 Å². The van der Waals surface area contributed by atoms with Gasteiger partial charge < -0.3 is 9.67 Å². The molecule has 1 atom stereocenters. The van der Waals surface area contributed by atoms with Crippen molar-refractivity contribution in [3.8, 4) is 0 Å². The van der Waals surface area contributed by atoms with E-state index in [0.717, 1.165) is 32.2 Å². The molecular weight excluding hydrogens is 206 g/mol. The number of nitrogens with zero attached hydrogens (tertiary/aromatic N) is 3. The molecule has 90 valence electrons. The third-order valence-electron chi connectivity index (χ3n) is 2.73. The van der Waals surface area contributed by atoms with Crippen LogP contribution >= 0.6 is 0 Å². The Kier molecular flexibility index (Phi) is 5.53. The summed E-state index contributed by atoms with van der Waals surface area (Å²) >= 11 is 0. The van der Waals surface area contributed by atoms with Crippen molar-refractivity contribution in [1.82, 2.24) is 14.8 Å². The van der Waals surface area contributed by atoms with Crippen molar-refractivity contribution in [1.29, 1.82) is 0 Å². The summed E-state index contributed by atoms with van der Waals surface area (Å²) in [5.74, 6) is -0.214. The summed E-state index contributed by atoms with van der Waals surface area (Å²) in [5.41, 5.74) is 0. The van der Waals surface area contributed by atoms with Crippen LogP contribution in [0.15, 0.2) is 12.7 Å².